The molecular weight excluding hydrogens is 474 g/mol. The molecule has 0 aromatic heterocycles. The summed E-state index contributed by atoms with van der Waals surface area (Å²) in [5, 5.41) is 9.17. The van der Waals surface area contributed by atoms with Crippen molar-refractivity contribution in [3.63, 3.8) is 0 Å². The lowest BCUT2D eigenvalue weighted by atomic mass is 9.91. The zero-order valence-corrected chi connectivity index (χ0v) is 22.9. The van der Waals surface area contributed by atoms with Crippen LogP contribution in [0, 0.1) is 18.3 Å². The number of carbonyl (C=O) groups excluding carboxylic acids is 3. The molecule has 0 bridgehead atoms. The fourth-order valence-corrected chi connectivity index (χ4v) is 5.15. The minimum absolute atomic E-state index is 0.195. The molecule has 1 aromatic carbocycles. The molecule has 37 heavy (non-hydrogen) atoms. The third-order valence-electron chi connectivity index (χ3n) is 6.99. The lowest BCUT2D eigenvalue weighted by Gasteiger charge is -2.52. The summed E-state index contributed by atoms with van der Waals surface area (Å²) >= 11 is 0. The SMILES string of the molecule is COCC(=O)N(C)[C@@]1(C(=O)N2CCN(c3ccc(C#N)cc3C)CC2)CCCCN1C(=O)OC(C)(C)C. The van der Waals surface area contributed by atoms with Crippen LogP contribution < -0.4 is 4.90 Å². The van der Waals surface area contributed by atoms with Crippen molar-refractivity contribution >= 4 is 23.6 Å². The van der Waals surface area contributed by atoms with Gasteiger partial charge in [-0.1, -0.05) is 0 Å². The Kier molecular flexibility index (Phi) is 8.69. The van der Waals surface area contributed by atoms with Gasteiger partial charge in [0.2, 0.25) is 5.66 Å². The molecule has 2 saturated heterocycles. The summed E-state index contributed by atoms with van der Waals surface area (Å²) in [7, 11) is 3.00. The first-order valence-electron chi connectivity index (χ1n) is 12.8. The molecule has 0 spiro atoms. The number of anilines is 1. The van der Waals surface area contributed by atoms with Gasteiger partial charge in [0.1, 0.15) is 12.2 Å². The van der Waals surface area contributed by atoms with Gasteiger partial charge in [-0.25, -0.2) is 4.79 Å². The quantitative estimate of drug-likeness (QED) is 0.596. The fraction of sp³-hybridized carbons (Fsp3) is 0.630. The molecule has 0 saturated carbocycles. The molecule has 0 aliphatic carbocycles. The Bertz CT molecular complexity index is 1050. The van der Waals surface area contributed by atoms with Crippen LogP contribution in [0.15, 0.2) is 18.2 Å². The van der Waals surface area contributed by atoms with Gasteiger partial charge >= 0.3 is 6.09 Å². The van der Waals surface area contributed by atoms with E-state index in [1.807, 2.05) is 19.1 Å². The highest BCUT2D eigenvalue weighted by atomic mass is 16.6. The number of hydrogen-bond acceptors (Lipinski definition) is 7. The average Bonchev–Trinajstić information content (AvgIpc) is 2.86. The number of likely N-dealkylation sites (tertiary alicyclic amines) is 1. The number of methoxy groups -OCH3 is 1. The summed E-state index contributed by atoms with van der Waals surface area (Å²) in [6, 6.07) is 7.76. The Balaban J connectivity index is 1.89. The van der Waals surface area contributed by atoms with E-state index >= 15 is 0 Å². The number of piperidine rings is 1. The molecule has 10 nitrogen and oxygen atoms in total. The summed E-state index contributed by atoms with van der Waals surface area (Å²) in [5.74, 6) is -0.653. The van der Waals surface area contributed by atoms with Crippen molar-refractivity contribution in [3.8, 4) is 6.07 Å². The number of nitriles is 1. The summed E-state index contributed by atoms with van der Waals surface area (Å²) < 4.78 is 10.8. The molecule has 2 heterocycles. The van der Waals surface area contributed by atoms with Gasteiger partial charge in [-0.15, -0.1) is 0 Å². The van der Waals surface area contributed by atoms with Crippen LogP contribution in [0.2, 0.25) is 0 Å². The molecule has 2 fully saturated rings. The van der Waals surface area contributed by atoms with Crippen LogP contribution in [0.5, 0.6) is 0 Å². The normalized spacial score (nSPS) is 20.3. The van der Waals surface area contributed by atoms with Crippen LogP contribution in [0.4, 0.5) is 10.5 Å². The number of aryl methyl sites for hydroxylation is 1. The summed E-state index contributed by atoms with van der Waals surface area (Å²) in [6.07, 6.45) is 1.13. The molecule has 2 aliphatic rings. The van der Waals surface area contributed by atoms with Crippen LogP contribution in [0.3, 0.4) is 0 Å². The Morgan fingerprint density at radius 3 is 2.35 bits per heavy atom. The van der Waals surface area contributed by atoms with Crippen molar-refractivity contribution in [1.29, 1.82) is 5.26 Å². The van der Waals surface area contributed by atoms with Crippen molar-refractivity contribution in [2.24, 2.45) is 0 Å². The van der Waals surface area contributed by atoms with E-state index in [1.165, 1.54) is 16.9 Å². The lowest BCUT2D eigenvalue weighted by Crippen LogP contribution is -2.73. The summed E-state index contributed by atoms with van der Waals surface area (Å²) in [5.41, 5.74) is 0.413. The van der Waals surface area contributed by atoms with Gasteiger partial charge in [0.25, 0.3) is 11.8 Å². The van der Waals surface area contributed by atoms with E-state index < -0.39 is 17.4 Å². The van der Waals surface area contributed by atoms with Gasteiger partial charge in [-0.05, 0) is 70.7 Å². The molecular formula is C27H39N5O5. The standard InChI is InChI=1S/C27H39N5O5/c1-20-17-21(18-28)9-10-22(20)30-13-15-31(16-14-30)24(34)27(29(5)23(33)19-36-6)11-7-8-12-32(27)25(35)37-26(2,3)4/h9-10,17H,7-8,11-16,19H2,1-6H3/t27-/m0/s1. The molecule has 1 aromatic rings. The van der Waals surface area contributed by atoms with Crippen molar-refractivity contribution in [2.75, 3.05) is 58.4 Å². The van der Waals surface area contributed by atoms with Gasteiger partial charge in [-0.3, -0.25) is 14.5 Å². The molecule has 0 unspecified atom stereocenters. The second-order valence-electron chi connectivity index (χ2n) is 10.7. The van der Waals surface area contributed by atoms with E-state index in [-0.39, 0.29) is 18.4 Å². The minimum Gasteiger partial charge on any atom is -0.444 e. The summed E-state index contributed by atoms with van der Waals surface area (Å²) in [4.78, 5) is 47.4. The molecule has 0 radical (unpaired) electrons. The Labute approximate surface area is 219 Å². The summed E-state index contributed by atoms with van der Waals surface area (Å²) in [6.45, 7) is 9.50. The number of hydrogen-bond donors (Lipinski definition) is 0. The first-order chi connectivity index (χ1) is 17.4. The molecule has 202 valence electrons. The second-order valence-corrected chi connectivity index (χ2v) is 10.7. The highest BCUT2D eigenvalue weighted by molar-refractivity contribution is 5.94. The molecule has 1 atom stereocenters. The van der Waals surface area contributed by atoms with Gasteiger partial charge < -0.3 is 24.2 Å². The fourth-order valence-electron chi connectivity index (χ4n) is 5.15. The van der Waals surface area contributed by atoms with Crippen molar-refractivity contribution in [3.05, 3.63) is 29.3 Å². The van der Waals surface area contributed by atoms with E-state index in [4.69, 9.17) is 14.7 Å². The third kappa shape index (κ3) is 5.99. The molecule has 3 rings (SSSR count). The lowest BCUT2D eigenvalue weighted by molar-refractivity contribution is -0.172. The van der Waals surface area contributed by atoms with E-state index in [2.05, 4.69) is 11.0 Å². The van der Waals surface area contributed by atoms with Gasteiger partial charge in [0.15, 0.2) is 0 Å². The van der Waals surface area contributed by atoms with Crippen molar-refractivity contribution in [1.82, 2.24) is 14.7 Å². The molecule has 3 amide bonds. The van der Waals surface area contributed by atoms with Crippen LogP contribution in [-0.4, -0.2) is 97.4 Å². The zero-order valence-electron chi connectivity index (χ0n) is 22.9. The Morgan fingerprint density at radius 2 is 1.78 bits per heavy atom. The van der Waals surface area contributed by atoms with Crippen LogP contribution in [0.25, 0.3) is 0 Å². The number of rotatable bonds is 5. The first kappa shape index (κ1) is 28.3. The number of amides is 3. The Morgan fingerprint density at radius 1 is 1.11 bits per heavy atom. The monoisotopic (exact) mass is 513 g/mol. The van der Waals surface area contributed by atoms with Gasteiger partial charge in [0.05, 0.1) is 11.6 Å². The van der Waals surface area contributed by atoms with Gasteiger partial charge in [0, 0.05) is 52.6 Å². The second kappa shape index (κ2) is 11.4. The first-order valence-corrected chi connectivity index (χ1v) is 12.8. The van der Waals surface area contributed by atoms with Gasteiger partial charge in [-0.2, -0.15) is 5.26 Å². The molecule has 10 heteroatoms. The van der Waals surface area contributed by atoms with Crippen molar-refractivity contribution in [2.45, 2.75) is 58.2 Å². The predicted molar refractivity (Wildman–Crippen MR) is 139 cm³/mol. The molecule has 2 aliphatic heterocycles. The zero-order chi connectivity index (χ0) is 27.4. The maximum absolute atomic E-state index is 14.3. The highest BCUT2D eigenvalue weighted by Gasteiger charge is 2.55. The third-order valence-corrected chi connectivity index (χ3v) is 6.99. The van der Waals surface area contributed by atoms with Crippen LogP contribution in [-0.2, 0) is 19.1 Å². The number of ether oxygens (including phenoxy) is 2. The highest BCUT2D eigenvalue weighted by Crippen LogP contribution is 2.35. The average molecular weight is 514 g/mol. The maximum Gasteiger partial charge on any atom is 0.412 e. The maximum atomic E-state index is 14.3. The number of likely N-dealkylation sites (N-methyl/N-ethyl adjacent to an activating group) is 1. The van der Waals surface area contributed by atoms with Crippen molar-refractivity contribution < 1.29 is 23.9 Å². The smallest absolute Gasteiger partial charge is 0.412 e. The number of piperazine rings is 1. The topological polar surface area (TPSA) is 106 Å². The van der Waals surface area contributed by atoms with E-state index in [1.54, 1.807) is 38.8 Å². The number of carbonyl (C=O) groups is 3. The predicted octanol–water partition coefficient (Wildman–Crippen LogP) is 2.74. The number of benzene rings is 1. The van der Waals surface area contributed by atoms with Crippen LogP contribution in [0.1, 0.15) is 51.2 Å². The Hall–Kier alpha value is -3.32. The number of nitrogens with zero attached hydrogens (tertiary/aromatic N) is 5. The van der Waals surface area contributed by atoms with Crippen LogP contribution >= 0.6 is 0 Å². The minimum atomic E-state index is -1.48. The van der Waals surface area contributed by atoms with E-state index in [9.17, 15) is 14.4 Å². The van der Waals surface area contributed by atoms with E-state index in [0.29, 0.717) is 57.5 Å². The largest absolute Gasteiger partial charge is 0.444 e. The van der Waals surface area contributed by atoms with E-state index in [0.717, 1.165) is 11.3 Å². The molecule has 0 N–H and O–H groups in total.